The van der Waals surface area contributed by atoms with Crippen LogP contribution in [0.25, 0.3) is 5.69 Å². The van der Waals surface area contributed by atoms with Crippen LogP contribution in [0.15, 0.2) is 30.3 Å². The average molecular weight is 371 g/mol. The normalized spacial score (nSPS) is 19.8. The number of anilines is 1. The van der Waals surface area contributed by atoms with E-state index in [1.54, 1.807) is 11.8 Å². The molecule has 1 aliphatic heterocycles. The molecule has 0 bridgehead atoms. The third-order valence-electron chi connectivity index (χ3n) is 3.93. The molecule has 0 saturated carbocycles. The van der Waals surface area contributed by atoms with Crippen LogP contribution in [0, 0.1) is 6.92 Å². The summed E-state index contributed by atoms with van der Waals surface area (Å²) < 4.78 is 7.01. The van der Waals surface area contributed by atoms with Crippen molar-refractivity contribution in [3.05, 3.63) is 41.0 Å². The van der Waals surface area contributed by atoms with E-state index in [1.165, 1.54) is 0 Å². The summed E-state index contributed by atoms with van der Waals surface area (Å²) >= 11 is 6.02. The van der Waals surface area contributed by atoms with E-state index in [9.17, 15) is 4.79 Å². The van der Waals surface area contributed by atoms with Crippen molar-refractivity contribution in [2.24, 2.45) is 0 Å². The van der Waals surface area contributed by atoms with Gasteiger partial charge < -0.3 is 15.4 Å². The standard InChI is InChI=1S/C16H19ClN4O2.ClH/c1-10-6-15(19-16(22)14-8-13(23-2)9-18-14)20-21(10)12-5-3-4-11(17)7-12;/h3-7,13-14,18H,8-9H2,1-2H3,(H,19,20,22);1H/t13-,14+;/m0./s1. The Morgan fingerprint density at radius 2 is 2.25 bits per heavy atom. The molecule has 2 N–H and O–H groups in total. The van der Waals surface area contributed by atoms with Gasteiger partial charge in [0.05, 0.1) is 17.8 Å². The second-order valence-electron chi connectivity index (χ2n) is 5.61. The Hall–Kier alpha value is -1.60. The van der Waals surface area contributed by atoms with Crippen LogP contribution in [0.1, 0.15) is 12.1 Å². The number of benzene rings is 1. The smallest absolute Gasteiger partial charge is 0.242 e. The zero-order chi connectivity index (χ0) is 16.4. The third kappa shape index (κ3) is 4.08. The minimum Gasteiger partial charge on any atom is -0.380 e. The second-order valence-corrected chi connectivity index (χ2v) is 6.04. The lowest BCUT2D eigenvalue weighted by Crippen LogP contribution is -2.35. The van der Waals surface area contributed by atoms with Gasteiger partial charge in [-0.25, -0.2) is 4.68 Å². The monoisotopic (exact) mass is 370 g/mol. The van der Waals surface area contributed by atoms with Gasteiger partial charge in [0.15, 0.2) is 5.82 Å². The molecule has 24 heavy (non-hydrogen) atoms. The fourth-order valence-corrected chi connectivity index (χ4v) is 2.89. The molecule has 0 aliphatic carbocycles. The number of aryl methyl sites for hydroxylation is 1. The van der Waals surface area contributed by atoms with Crippen LogP contribution in [0.4, 0.5) is 5.82 Å². The molecule has 1 saturated heterocycles. The summed E-state index contributed by atoms with van der Waals surface area (Å²) in [7, 11) is 1.66. The highest BCUT2D eigenvalue weighted by Crippen LogP contribution is 2.19. The first kappa shape index (κ1) is 18.7. The van der Waals surface area contributed by atoms with Gasteiger partial charge in [0.25, 0.3) is 0 Å². The highest BCUT2D eigenvalue weighted by molar-refractivity contribution is 6.30. The number of carbonyl (C=O) groups excluding carboxylic acids is 1. The summed E-state index contributed by atoms with van der Waals surface area (Å²) in [5.74, 6) is 0.426. The van der Waals surface area contributed by atoms with Crippen molar-refractivity contribution in [1.29, 1.82) is 0 Å². The van der Waals surface area contributed by atoms with Crippen LogP contribution < -0.4 is 10.6 Å². The van der Waals surface area contributed by atoms with Crippen LogP contribution >= 0.6 is 24.0 Å². The molecule has 1 aromatic heterocycles. The SMILES string of the molecule is CO[C@@H]1CN[C@@H](C(=O)Nc2cc(C)n(-c3cccc(Cl)c3)n2)C1.Cl. The number of rotatable bonds is 4. The molecule has 1 aliphatic rings. The Kier molecular flexibility index (Phi) is 6.23. The van der Waals surface area contributed by atoms with Gasteiger partial charge in [-0.3, -0.25) is 4.79 Å². The van der Waals surface area contributed by atoms with Gasteiger partial charge in [-0.05, 0) is 31.5 Å². The summed E-state index contributed by atoms with van der Waals surface area (Å²) in [6.45, 7) is 2.61. The zero-order valence-corrected chi connectivity index (χ0v) is 15.0. The quantitative estimate of drug-likeness (QED) is 0.867. The number of methoxy groups -OCH3 is 1. The highest BCUT2D eigenvalue weighted by Gasteiger charge is 2.29. The van der Waals surface area contributed by atoms with Crippen molar-refractivity contribution >= 4 is 35.7 Å². The lowest BCUT2D eigenvalue weighted by molar-refractivity contribution is -0.118. The number of nitrogens with zero attached hydrogens (tertiary/aromatic N) is 2. The van der Waals surface area contributed by atoms with E-state index in [2.05, 4.69) is 15.7 Å². The molecule has 0 unspecified atom stereocenters. The Morgan fingerprint density at radius 3 is 2.92 bits per heavy atom. The van der Waals surface area contributed by atoms with Crippen molar-refractivity contribution in [1.82, 2.24) is 15.1 Å². The van der Waals surface area contributed by atoms with E-state index >= 15 is 0 Å². The summed E-state index contributed by atoms with van der Waals surface area (Å²) in [5, 5.41) is 11.1. The topological polar surface area (TPSA) is 68.2 Å². The molecule has 6 nitrogen and oxygen atoms in total. The maximum absolute atomic E-state index is 12.3. The lowest BCUT2D eigenvalue weighted by atomic mass is 10.2. The Labute approximate surface area is 151 Å². The Morgan fingerprint density at radius 1 is 1.46 bits per heavy atom. The van der Waals surface area contributed by atoms with Gasteiger partial charge in [0, 0.05) is 30.4 Å². The van der Waals surface area contributed by atoms with Gasteiger partial charge in [-0.1, -0.05) is 17.7 Å². The fourth-order valence-electron chi connectivity index (χ4n) is 2.70. The van der Waals surface area contributed by atoms with Gasteiger partial charge in [0.1, 0.15) is 0 Å². The van der Waals surface area contributed by atoms with E-state index in [4.69, 9.17) is 16.3 Å². The molecule has 2 aromatic rings. The molecular weight excluding hydrogens is 351 g/mol. The summed E-state index contributed by atoms with van der Waals surface area (Å²) in [6, 6.07) is 9.00. The van der Waals surface area contributed by atoms with Gasteiger partial charge >= 0.3 is 0 Å². The van der Waals surface area contributed by atoms with Crippen molar-refractivity contribution in [3.8, 4) is 5.69 Å². The molecule has 8 heteroatoms. The Bertz CT molecular complexity index is 720. The maximum atomic E-state index is 12.3. The number of halogens is 2. The van der Waals surface area contributed by atoms with E-state index in [1.807, 2.05) is 37.3 Å². The predicted molar refractivity (Wildman–Crippen MR) is 96.4 cm³/mol. The molecule has 0 spiro atoms. The van der Waals surface area contributed by atoms with Crippen LogP contribution in [0.3, 0.4) is 0 Å². The first-order valence-corrected chi connectivity index (χ1v) is 7.84. The van der Waals surface area contributed by atoms with Crippen molar-refractivity contribution in [3.63, 3.8) is 0 Å². The number of hydrogen-bond donors (Lipinski definition) is 2. The van der Waals surface area contributed by atoms with E-state index < -0.39 is 0 Å². The number of amides is 1. The molecule has 1 aromatic carbocycles. The maximum Gasteiger partial charge on any atom is 0.242 e. The number of carbonyl (C=O) groups is 1. The predicted octanol–water partition coefficient (Wildman–Crippen LogP) is 2.57. The number of ether oxygens (including phenoxy) is 1. The van der Waals surface area contributed by atoms with E-state index in [-0.39, 0.29) is 30.5 Å². The zero-order valence-electron chi connectivity index (χ0n) is 13.5. The minimum atomic E-state index is -0.253. The molecule has 2 heterocycles. The van der Waals surface area contributed by atoms with E-state index in [0.717, 1.165) is 11.4 Å². The van der Waals surface area contributed by atoms with Gasteiger partial charge in [0.2, 0.25) is 5.91 Å². The van der Waals surface area contributed by atoms with E-state index in [0.29, 0.717) is 23.8 Å². The van der Waals surface area contributed by atoms with Crippen molar-refractivity contribution in [2.45, 2.75) is 25.5 Å². The number of aromatic nitrogens is 2. The van der Waals surface area contributed by atoms with Crippen LogP contribution in [0.2, 0.25) is 5.02 Å². The molecule has 1 amide bonds. The van der Waals surface area contributed by atoms with Gasteiger partial charge in [-0.15, -0.1) is 17.5 Å². The third-order valence-corrected chi connectivity index (χ3v) is 4.17. The largest absolute Gasteiger partial charge is 0.380 e. The first-order chi connectivity index (χ1) is 11.1. The molecule has 130 valence electrons. The summed E-state index contributed by atoms with van der Waals surface area (Å²) in [4.78, 5) is 12.3. The van der Waals surface area contributed by atoms with Gasteiger partial charge in [-0.2, -0.15) is 0 Å². The van der Waals surface area contributed by atoms with Crippen LogP contribution in [-0.2, 0) is 9.53 Å². The second kappa shape index (κ2) is 7.98. The average Bonchev–Trinajstić information content (AvgIpc) is 3.14. The number of hydrogen-bond acceptors (Lipinski definition) is 4. The van der Waals surface area contributed by atoms with Crippen molar-refractivity contribution in [2.75, 3.05) is 19.0 Å². The lowest BCUT2D eigenvalue weighted by Gasteiger charge is -2.09. The molecule has 0 radical (unpaired) electrons. The van der Waals surface area contributed by atoms with Crippen molar-refractivity contribution < 1.29 is 9.53 Å². The molecule has 2 atom stereocenters. The first-order valence-electron chi connectivity index (χ1n) is 7.46. The van der Waals surface area contributed by atoms with Crippen LogP contribution in [-0.4, -0.2) is 41.5 Å². The highest BCUT2D eigenvalue weighted by atomic mass is 35.5. The Balaban J connectivity index is 0.00000208. The molecule has 1 fully saturated rings. The van der Waals surface area contributed by atoms with Crippen LogP contribution in [0.5, 0.6) is 0 Å². The molecule has 3 rings (SSSR count). The fraction of sp³-hybridized carbons (Fsp3) is 0.375. The summed E-state index contributed by atoms with van der Waals surface area (Å²) in [5.41, 5.74) is 1.77. The minimum absolute atomic E-state index is 0. The summed E-state index contributed by atoms with van der Waals surface area (Å²) in [6.07, 6.45) is 0.743. The number of nitrogens with one attached hydrogen (secondary N) is 2. The molecular formula is C16H20Cl2N4O2.